The van der Waals surface area contributed by atoms with Crippen molar-refractivity contribution in [2.24, 2.45) is 23.2 Å². The molecule has 0 unspecified atom stereocenters. The Hall–Kier alpha value is -1.79. The van der Waals surface area contributed by atoms with Crippen LogP contribution >= 0.6 is 0 Å². The fourth-order valence-corrected chi connectivity index (χ4v) is 6.75. The number of likely N-dealkylation sites (tertiary alicyclic amines) is 1. The highest BCUT2D eigenvalue weighted by molar-refractivity contribution is 5.83. The van der Waals surface area contributed by atoms with E-state index in [4.69, 9.17) is 4.74 Å². The van der Waals surface area contributed by atoms with Gasteiger partial charge >= 0.3 is 6.09 Å². The summed E-state index contributed by atoms with van der Waals surface area (Å²) in [7, 11) is 0. The number of piperidine rings is 1. The summed E-state index contributed by atoms with van der Waals surface area (Å²) < 4.78 is 5.02. The van der Waals surface area contributed by atoms with Crippen LogP contribution in [0.2, 0.25) is 0 Å². The second-order valence-electron chi connectivity index (χ2n) is 10.1. The molecular formula is C23H37N3O4. The van der Waals surface area contributed by atoms with E-state index in [2.05, 4.69) is 10.6 Å². The third-order valence-corrected chi connectivity index (χ3v) is 7.77. The molecule has 0 aromatic rings. The lowest BCUT2D eigenvalue weighted by Gasteiger charge is -2.55. The number of amides is 3. The Bertz CT molecular complexity index is 622. The molecule has 30 heavy (non-hydrogen) atoms. The zero-order chi connectivity index (χ0) is 21.1. The molecule has 3 amide bonds. The van der Waals surface area contributed by atoms with Crippen molar-refractivity contribution in [3.05, 3.63) is 0 Å². The Morgan fingerprint density at radius 1 is 1.00 bits per heavy atom. The Kier molecular flexibility index (Phi) is 6.54. The number of nitrogens with zero attached hydrogens (tertiary/aromatic N) is 1. The highest BCUT2D eigenvalue weighted by Gasteiger charge is 2.54. The Labute approximate surface area is 179 Å². The topological polar surface area (TPSA) is 87.7 Å². The number of hydrogen-bond acceptors (Lipinski definition) is 4. The predicted octanol–water partition coefficient (Wildman–Crippen LogP) is 2.84. The van der Waals surface area contributed by atoms with Gasteiger partial charge < -0.3 is 20.3 Å². The molecule has 4 bridgehead atoms. The molecule has 5 rings (SSSR count). The molecule has 0 spiro atoms. The first-order valence-corrected chi connectivity index (χ1v) is 12.0. The van der Waals surface area contributed by atoms with Crippen molar-refractivity contribution >= 4 is 17.9 Å². The third-order valence-electron chi connectivity index (χ3n) is 7.77. The van der Waals surface area contributed by atoms with Gasteiger partial charge in [-0.05, 0) is 82.5 Å². The van der Waals surface area contributed by atoms with Gasteiger partial charge in [0.15, 0.2) is 0 Å². The van der Waals surface area contributed by atoms with Crippen LogP contribution < -0.4 is 10.6 Å². The second-order valence-corrected chi connectivity index (χ2v) is 10.1. The van der Waals surface area contributed by atoms with Crippen molar-refractivity contribution in [2.45, 2.75) is 77.2 Å². The molecule has 7 heteroatoms. The summed E-state index contributed by atoms with van der Waals surface area (Å²) in [5, 5.41) is 6.23. The Morgan fingerprint density at radius 3 is 2.17 bits per heavy atom. The van der Waals surface area contributed by atoms with Gasteiger partial charge in [0.1, 0.15) is 0 Å². The normalized spacial score (nSPS) is 32.7. The van der Waals surface area contributed by atoms with E-state index in [9.17, 15) is 14.4 Å². The van der Waals surface area contributed by atoms with E-state index < -0.39 is 0 Å². The predicted molar refractivity (Wildman–Crippen MR) is 113 cm³/mol. The van der Waals surface area contributed by atoms with Gasteiger partial charge in [0.05, 0.1) is 6.61 Å². The first-order valence-electron chi connectivity index (χ1n) is 12.0. The number of ether oxygens (including phenoxy) is 1. The van der Waals surface area contributed by atoms with Crippen molar-refractivity contribution in [3.63, 3.8) is 0 Å². The molecule has 1 saturated heterocycles. The van der Waals surface area contributed by atoms with E-state index in [0.717, 1.165) is 49.9 Å². The largest absolute Gasteiger partial charge is 0.450 e. The maximum Gasteiger partial charge on any atom is 0.409 e. The molecule has 1 aliphatic heterocycles. The first-order chi connectivity index (χ1) is 14.5. The summed E-state index contributed by atoms with van der Waals surface area (Å²) in [6.45, 7) is 4.00. The molecule has 0 aromatic heterocycles. The van der Waals surface area contributed by atoms with Gasteiger partial charge in [0.2, 0.25) is 11.8 Å². The molecule has 4 saturated carbocycles. The van der Waals surface area contributed by atoms with Crippen LogP contribution in [0.15, 0.2) is 0 Å². The van der Waals surface area contributed by atoms with Crippen LogP contribution in [0.5, 0.6) is 0 Å². The average Bonchev–Trinajstić information content (AvgIpc) is 2.71. The molecule has 0 atom stereocenters. The lowest BCUT2D eigenvalue weighted by atomic mass is 9.49. The fraction of sp³-hybridized carbons (Fsp3) is 0.870. The summed E-state index contributed by atoms with van der Waals surface area (Å²) in [5.41, 5.74) is -0.107. The van der Waals surface area contributed by atoms with Gasteiger partial charge in [-0.25, -0.2) is 4.79 Å². The first kappa shape index (κ1) is 21.4. The smallest absolute Gasteiger partial charge is 0.409 e. The molecule has 5 aliphatic rings. The molecule has 1 heterocycles. The molecular weight excluding hydrogens is 382 g/mol. The van der Waals surface area contributed by atoms with Crippen LogP contribution in [0, 0.1) is 23.2 Å². The highest BCUT2D eigenvalue weighted by atomic mass is 16.6. The molecule has 0 radical (unpaired) electrons. The van der Waals surface area contributed by atoms with Crippen molar-refractivity contribution < 1.29 is 19.1 Å². The van der Waals surface area contributed by atoms with Crippen LogP contribution in [0.4, 0.5) is 4.79 Å². The maximum atomic E-state index is 12.9. The van der Waals surface area contributed by atoms with Gasteiger partial charge in [-0.2, -0.15) is 0 Å². The molecule has 7 nitrogen and oxygen atoms in total. The van der Waals surface area contributed by atoms with Crippen molar-refractivity contribution in [3.8, 4) is 0 Å². The van der Waals surface area contributed by atoms with E-state index in [1.54, 1.807) is 11.8 Å². The van der Waals surface area contributed by atoms with Crippen molar-refractivity contribution in [2.75, 3.05) is 26.2 Å². The lowest BCUT2D eigenvalue weighted by Crippen LogP contribution is -2.53. The summed E-state index contributed by atoms with van der Waals surface area (Å²) in [6.07, 6.45) is 9.60. The minimum absolute atomic E-state index is 0.0358. The lowest BCUT2D eigenvalue weighted by molar-refractivity contribution is -0.146. The van der Waals surface area contributed by atoms with Crippen LogP contribution in [0.1, 0.15) is 71.1 Å². The summed E-state index contributed by atoms with van der Waals surface area (Å²) >= 11 is 0. The van der Waals surface area contributed by atoms with E-state index in [1.165, 1.54) is 19.3 Å². The highest BCUT2D eigenvalue weighted by Crippen LogP contribution is 2.60. The number of nitrogens with one attached hydrogen (secondary N) is 2. The standard InChI is InChI=1S/C23H37N3O4/c1-2-30-22(29)26-8-5-19(6-9-26)25-20(27)4-3-7-24-21(28)23-13-16-10-17(14-23)12-18(11-16)15-23/h16-19H,2-15H2,1H3,(H,24,28)(H,25,27). The summed E-state index contributed by atoms with van der Waals surface area (Å²) in [6, 6.07) is 0.116. The molecule has 168 valence electrons. The monoisotopic (exact) mass is 419 g/mol. The Balaban J connectivity index is 1.12. The van der Waals surface area contributed by atoms with Crippen LogP contribution in [0.25, 0.3) is 0 Å². The van der Waals surface area contributed by atoms with E-state index in [1.807, 2.05) is 0 Å². The van der Waals surface area contributed by atoms with Crippen molar-refractivity contribution in [1.82, 2.24) is 15.5 Å². The zero-order valence-electron chi connectivity index (χ0n) is 18.3. The molecule has 2 N–H and O–H groups in total. The van der Waals surface area contributed by atoms with Gasteiger partial charge in [-0.3, -0.25) is 9.59 Å². The minimum Gasteiger partial charge on any atom is -0.450 e. The quantitative estimate of drug-likeness (QED) is 0.621. The average molecular weight is 420 g/mol. The molecule has 4 aliphatic carbocycles. The van der Waals surface area contributed by atoms with Gasteiger partial charge in [-0.1, -0.05) is 0 Å². The fourth-order valence-electron chi connectivity index (χ4n) is 6.75. The Morgan fingerprint density at radius 2 is 1.60 bits per heavy atom. The van der Waals surface area contributed by atoms with E-state index in [0.29, 0.717) is 39.1 Å². The summed E-state index contributed by atoms with van der Waals surface area (Å²) in [5.74, 6) is 2.58. The number of rotatable bonds is 7. The second kappa shape index (κ2) is 9.15. The SMILES string of the molecule is CCOC(=O)N1CCC(NC(=O)CCCNC(=O)C23CC4CC(CC(C4)C2)C3)CC1. The van der Waals surface area contributed by atoms with Gasteiger partial charge in [-0.15, -0.1) is 0 Å². The van der Waals surface area contributed by atoms with Crippen LogP contribution in [0.3, 0.4) is 0 Å². The van der Waals surface area contributed by atoms with E-state index in [-0.39, 0.29) is 29.4 Å². The minimum atomic E-state index is -0.267. The zero-order valence-corrected chi connectivity index (χ0v) is 18.3. The number of hydrogen-bond donors (Lipinski definition) is 2. The van der Waals surface area contributed by atoms with Gasteiger partial charge in [0.25, 0.3) is 0 Å². The van der Waals surface area contributed by atoms with Crippen LogP contribution in [-0.2, 0) is 14.3 Å². The van der Waals surface area contributed by atoms with Crippen LogP contribution in [-0.4, -0.2) is 55.1 Å². The molecule has 5 fully saturated rings. The summed E-state index contributed by atoms with van der Waals surface area (Å²) in [4.78, 5) is 38.6. The third kappa shape index (κ3) is 4.75. The van der Waals surface area contributed by atoms with Gasteiger partial charge in [0, 0.05) is 37.5 Å². The van der Waals surface area contributed by atoms with E-state index >= 15 is 0 Å². The molecule has 0 aromatic carbocycles. The number of carbonyl (C=O) groups excluding carboxylic acids is 3. The maximum absolute atomic E-state index is 12.9. The number of carbonyl (C=O) groups is 3. The van der Waals surface area contributed by atoms with Crippen molar-refractivity contribution in [1.29, 1.82) is 0 Å².